The summed E-state index contributed by atoms with van der Waals surface area (Å²) in [7, 11) is 1.61. The molecule has 0 N–H and O–H groups in total. The molecular formula is C22H21N3O4S. The molecule has 2 heterocycles. The first-order valence-corrected chi connectivity index (χ1v) is 10.5. The van der Waals surface area contributed by atoms with E-state index in [9.17, 15) is 9.59 Å². The van der Waals surface area contributed by atoms with E-state index < -0.39 is 5.25 Å². The molecule has 4 rings (SSSR count). The third kappa shape index (κ3) is 3.70. The topological polar surface area (TPSA) is 81.6 Å². The highest BCUT2D eigenvalue weighted by Crippen LogP contribution is 2.37. The van der Waals surface area contributed by atoms with E-state index in [1.54, 1.807) is 25.3 Å². The second-order valence-electron chi connectivity index (χ2n) is 6.75. The maximum absolute atomic E-state index is 13.1. The van der Waals surface area contributed by atoms with Gasteiger partial charge in [-0.3, -0.25) is 9.59 Å². The lowest BCUT2D eigenvalue weighted by atomic mass is 10.2. The SMILES string of the molecule is CCOc1ccccc1N1C(=O)CC(Sc2nc(C)c3cc(OC)ccc3n2)C1=O. The van der Waals surface area contributed by atoms with Crippen molar-refractivity contribution >= 4 is 40.2 Å². The number of benzene rings is 2. The lowest BCUT2D eigenvalue weighted by Crippen LogP contribution is -2.31. The van der Waals surface area contributed by atoms with Crippen molar-refractivity contribution < 1.29 is 19.1 Å². The summed E-state index contributed by atoms with van der Waals surface area (Å²) in [5.41, 5.74) is 2.03. The quantitative estimate of drug-likeness (QED) is 0.441. The molecule has 0 saturated carbocycles. The van der Waals surface area contributed by atoms with Crippen LogP contribution in [0.2, 0.25) is 0 Å². The summed E-state index contributed by atoms with van der Waals surface area (Å²) in [6, 6.07) is 12.6. The largest absolute Gasteiger partial charge is 0.497 e. The Kier molecular flexibility index (Phi) is 5.59. The molecule has 0 spiro atoms. The number of hydrogen-bond acceptors (Lipinski definition) is 7. The van der Waals surface area contributed by atoms with Crippen LogP contribution in [0.5, 0.6) is 11.5 Å². The Labute approximate surface area is 178 Å². The summed E-state index contributed by atoms with van der Waals surface area (Å²) in [5.74, 6) is 0.703. The van der Waals surface area contributed by atoms with Gasteiger partial charge in [-0.25, -0.2) is 14.9 Å². The molecule has 1 unspecified atom stereocenters. The summed E-state index contributed by atoms with van der Waals surface area (Å²) in [6.45, 7) is 4.19. The average molecular weight is 423 g/mol. The number of para-hydroxylation sites is 2. The van der Waals surface area contributed by atoms with E-state index in [4.69, 9.17) is 9.47 Å². The minimum Gasteiger partial charge on any atom is -0.497 e. The minimum atomic E-state index is -0.581. The van der Waals surface area contributed by atoms with Crippen molar-refractivity contribution in [2.45, 2.75) is 30.7 Å². The van der Waals surface area contributed by atoms with Gasteiger partial charge in [0.15, 0.2) is 5.16 Å². The average Bonchev–Trinajstić information content (AvgIpc) is 3.01. The zero-order valence-corrected chi connectivity index (χ0v) is 17.7. The Hall–Kier alpha value is -3.13. The molecule has 1 aliphatic rings. The summed E-state index contributed by atoms with van der Waals surface area (Å²) in [4.78, 5) is 36.1. The smallest absolute Gasteiger partial charge is 0.248 e. The zero-order chi connectivity index (χ0) is 21.3. The molecule has 2 amide bonds. The number of carbonyl (C=O) groups is 2. The van der Waals surface area contributed by atoms with Gasteiger partial charge in [-0.15, -0.1) is 0 Å². The number of carbonyl (C=O) groups excluding carboxylic acids is 2. The van der Waals surface area contributed by atoms with Crippen LogP contribution >= 0.6 is 11.8 Å². The molecule has 3 aromatic rings. The van der Waals surface area contributed by atoms with Crippen LogP contribution in [-0.4, -0.2) is 40.7 Å². The van der Waals surface area contributed by atoms with Crippen molar-refractivity contribution in [3.8, 4) is 11.5 Å². The molecule has 8 heteroatoms. The summed E-state index contributed by atoms with van der Waals surface area (Å²) >= 11 is 1.21. The van der Waals surface area contributed by atoms with Crippen LogP contribution in [0.4, 0.5) is 5.69 Å². The summed E-state index contributed by atoms with van der Waals surface area (Å²) < 4.78 is 10.9. The van der Waals surface area contributed by atoms with E-state index in [0.29, 0.717) is 23.2 Å². The van der Waals surface area contributed by atoms with Gasteiger partial charge in [-0.2, -0.15) is 0 Å². The predicted octanol–water partition coefficient (Wildman–Crippen LogP) is 3.77. The maximum Gasteiger partial charge on any atom is 0.248 e. The number of rotatable bonds is 6. The van der Waals surface area contributed by atoms with Crippen molar-refractivity contribution in [3.05, 3.63) is 48.2 Å². The molecule has 1 fully saturated rings. The molecule has 7 nitrogen and oxygen atoms in total. The molecule has 0 aliphatic carbocycles. The lowest BCUT2D eigenvalue weighted by molar-refractivity contribution is -0.121. The molecule has 0 bridgehead atoms. The fourth-order valence-corrected chi connectivity index (χ4v) is 4.44. The van der Waals surface area contributed by atoms with Gasteiger partial charge in [0, 0.05) is 17.5 Å². The van der Waals surface area contributed by atoms with Gasteiger partial charge in [0.05, 0.1) is 24.9 Å². The van der Waals surface area contributed by atoms with Crippen molar-refractivity contribution in [2.75, 3.05) is 18.6 Å². The van der Waals surface area contributed by atoms with Crippen LogP contribution in [0.25, 0.3) is 10.9 Å². The zero-order valence-electron chi connectivity index (χ0n) is 16.9. The first kappa shape index (κ1) is 20.2. The molecule has 1 atom stereocenters. The van der Waals surface area contributed by atoms with Crippen LogP contribution in [0.1, 0.15) is 19.0 Å². The van der Waals surface area contributed by atoms with Gasteiger partial charge in [-0.1, -0.05) is 23.9 Å². The minimum absolute atomic E-state index is 0.0903. The van der Waals surface area contributed by atoms with E-state index in [1.807, 2.05) is 38.1 Å². The fourth-order valence-electron chi connectivity index (χ4n) is 3.41. The fraction of sp³-hybridized carbons (Fsp3) is 0.273. The number of thioether (sulfide) groups is 1. The number of anilines is 1. The second-order valence-corrected chi connectivity index (χ2v) is 7.92. The Bertz CT molecular complexity index is 1130. The van der Waals surface area contributed by atoms with Crippen LogP contribution in [0, 0.1) is 6.92 Å². The predicted molar refractivity (Wildman–Crippen MR) is 115 cm³/mol. The Morgan fingerprint density at radius 1 is 1.17 bits per heavy atom. The molecule has 2 aromatic carbocycles. The lowest BCUT2D eigenvalue weighted by Gasteiger charge is -2.18. The van der Waals surface area contributed by atoms with Crippen molar-refractivity contribution in [3.63, 3.8) is 0 Å². The maximum atomic E-state index is 13.1. The standard InChI is InChI=1S/C22H21N3O4S/c1-4-29-18-8-6-5-7-17(18)25-20(26)12-19(21(25)27)30-22-23-13(2)15-11-14(28-3)9-10-16(15)24-22/h5-11,19H,4,12H2,1-3H3. The molecular weight excluding hydrogens is 402 g/mol. The van der Waals surface area contributed by atoms with E-state index >= 15 is 0 Å². The molecule has 1 saturated heterocycles. The van der Waals surface area contributed by atoms with Crippen LogP contribution in [0.3, 0.4) is 0 Å². The van der Waals surface area contributed by atoms with Gasteiger partial charge >= 0.3 is 0 Å². The normalized spacial score (nSPS) is 16.4. The van der Waals surface area contributed by atoms with E-state index in [1.165, 1.54) is 16.7 Å². The van der Waals surface area contributed by atoms with Gasteiger partial charge in [0.1, 0.15) is 16.7 Å². The molecule has 154 valence electrons. The third-order valence-electron chi connectivity index (χ3n) is 4.83. The molecule has 30 heavy (non-hydrogen) atoms. The summed E-state index contributed by atoms with van der Waals surface area (Å²) in [6.07, 6.45) is 0.0903. The van der Waals surface area contributed by atoms with Gasteiger partial charge in [0.2, 0.25) is 11.8 Å². The van der Waals surface area contributed by atoms with Crippen LogP contribution in [-0.2, 0) is 9.59 Å². The number of imide groups is 1. The highest BCUT2D eigenvalue weighted by molar-refractivity contribution is 8.00. The number of aromatic nitrogens is 2. The van der Waals surface area contributed by atoms with Crippen molar-refractivity contribution in [2.24, 2.45) is 0 Å². The van der Waals surface area contributed by atoms with Crippen molar-refractivity contribution in [1.82, 2.24) is 9.97 Å². The molecule has 1 aromatic heterocycles. The highest BCUT2D eigenvalue weighted by atomic mass is 32.2. The highest BCUT2D eigenvalue weighted by Gasteiger charge is 2.41. The van der Waals surface area contributed by atoms with Crippen molar-refractivity contribution in [1.29, 1.82) is 0 Å². The monoisotopic (exact) mass is 423 g/mol. The number of ether oxygens (including phenoxy) is 2. The summed E-state index contributed by atoms with van der Waals surface area (Å²) in [5, 5.41) is 0.776. The molecule has 0 radical (unpaired) electrons. The van der Waals surface area contributed by atoms with E-state index in [0.717, 1.165) is 22.3 Å². The number of amides is 2. The number of aryl methyl sites for hydroxylation is 1. The van der Waals surface area contributed by atoms with Gasteiger partial charge < -0.3 is 9.47 Å². The number of methoxy groups -OCH3 is 1. The van der Waals surface area contributed by atoms with Gasteiger partial charge in [-0.05, 0) is 44.2 Å². The van der Waals surface area contributed by atoms with Crippen LogP contribution in [0.15, 0.2) is 47.6 Å². The number of hydrogen-bond donors (Lipinski definition) is 0. The second kappa shape index (κ2) is 8.31. The Morgan fingerprint density at radius 3 is 2.73 bits per heavy atom. The van der Waals surface area contributed by atoms with E-state index in [-0.39, 0.29) is 18.2 Å². The Balaban J connectivity index is 1.61. The number of nitrogens with zero attached hydrogens (tertiary/aromatic N) is 3. The van der Waals surface area contributed by atoms with E-state index in [2.05, 4.69) is 9.97 Å². The van der Waals surface area contributed by atoms with Crippen LogP contribution < -0.4 is 14.4 Å². The Morgan fingerprint density at radius 2 is 1.97 bits per heavy atom. The number of fused-ring (bicyclic) bond motifs is 1. The first-order valence-electron chi connectivity index (χ1n) is 9.59. The molecule has 1 aliphatic heterocycles. The van der Waals surface area contributed by atoms with Gasteiger partial charge in [0.25, 0.3) is 0 Å². The first-order chi connectivity index (χ1) is 14.5. The third-order valence-corrected chi connectivity index (χ3v) is 5.88.